The molecule has 138 valence electrons. The summed E-state index contributed by atoms with van der Waals surface area (Å²) in [4.78, 5) is 29.7. The highest BCUT2D eigenvalue weighted by molar-refractivity contribution is 7.98. The zero-order valence-electron chi connectivity index (χ0n) is 15.3. The Hall–Kier alpha value is -2.34. The zero-order valence-corrected chi connectivity index (χ0v) is 16.1. The molecule has 0 saturated carbocycles. The first-order valence-electron chi connectivity index (χ1n) is 8.51. The molecule has 1 aromatic heterocycles. The number of methoxy groups -OCH3 is 1. The van der Waals surface area contributed by atoms with E-state index in [1.807, 2.05) is 37.4 Å². The van der Waals surface area contributed by atoms with Crippen molar-refractivity contribution >= 4 is 23.6 Å². The van der Waals surface area contributed by atoms with Gasteiger partial charge in [-0.25, -0.2) is 4.79 Å². The average molecular weight is 372 g/mol. The van der Waals surface area contributed by atoms with Crippen molar-refractivity contribution in [2.75, 3.05) is 7.11 Å². The molecule has 26 heavy (non-hydrogen) atoms. The number of aromatic nitrogens is 1. The maximum Gasteiger partial charge on any atom is 0.331 e. The molecule has 1 N–H and O–H groups in total. The van der Waals surface area contributed by atoms with Gasteiger partial charge in [0.2, 0.25) is 0 Å². The first-order chi connectivity index (χ1) is 12.5. The lowest BCUT2D eigenvalue weighted by Gasteiger charge is -2.27. The molecule has 2 rings (SSSR count). The zero-order chi connectivity index (χ0) is 19.0. The van der Waals surface area contributed by atoms with Gasteiger partial charge in [0.05, 0.1) is 7.11 Å². The highest BCUT2D eigenvalue weighted by Gasteiger charge is 2.35. The van der Waals surface area contributed by atoms with Gasteiger partial charge in [-0.3, -0.25) is 9.78 Å². The minimum absolute atomic E-state index is 0.282. The molecule has 0 fully saturated rings. The standard InChI is InChI=1S/C20H24N2O3S/c1-4-11-20(2,19(24)25-3)22-18(23)16-7-9-17(10-8-16)26-14-15-6-5-12-21-13-15/h5-10,12-13H,4,11,14H2,1-3H3,(H,22,23). The van der Waals surface area contributed by atoms with E-state index >= 15 is 0 Å². The van der Waals surface area contributed by atoms with Crippen LogP contribution >= 0.6 is 11.8 Å². The Balaban J connectivity index is 2.00. The Bertz CT molecular complexity index is 734. The molecule has 2 aromatic rings. The van der Waals surface area contributed by atoms with Crippen LogP contribution in [0.25, 0.3) is 0 Å². The number of nitrogens with one attached hydrogen (secondary N) is 1. The number of ether oxygens (including phenoxy) is 1. The van der Waals surface area contributed by atoms with E-state index in [4.69, 9.17) is 4.74 Å². The Morgan fingerprint density at radius 2 is 1.96 bits per heavy atom. The summed E-state index contributed by atoms with van der Waals surface area (Å²) >= 11 is 1.68. The predicted octanol–water partition coefficient (Wildman–Crippen LogP) is 3.84. The van der Waals surface area contributed by atoms with E-state index in [0.29, 0.717) is 12.0 Å². The second-order valence-electron chi connectivity index (χ2n) is 6.20. The molecule has 0 bridgehead atoms. The maximum atomic E-state index is 12.5. The predicted molar refractivity (Wildman–Crippen MR) is 103 cm³/mol. The van der Waals surface area contributed by atoms with Gasteiger partial charge in [-0.05, 0) is 49.2 Å². The van der Waals surface area contributed by atoms with E-state index in [9.17, 15) is 9.59 Å². The van der Waals surface area contributed by atoms with E-state index in [0.717, 1.165) is 22.6 Å². The highest BCUT2D eigenvalue weighted by Crippen LogP contribution is 2.23. The van der Waals surface area contributed by atoms with Crippen molar-refractivity contribution in [3.63, 3.8) is 0 Å². The van der Waals surface area contributed by atoms with Gasteiger partial charge in [-0.2, -0.15) is 0 Å². The Morgan fingerprint density at radius 1 is 1.23 bits per heavy atom. The number of pyridine rings is 1. The van der Waals surface area contributed by atoms with Crippen molar-refractivity contribution in [3.05, 3.63) is 59.9 Å². The number of nitrogens with zero attached hydrogens (tertiary/aromatic N) is 1. The summed E-state index contributed by atoms with van der Waals surface area (Å²) in [5.74, 6) is 0.0996. The number of hydrogen-bond donors (Lipinski definition) is 1. The maximum absolute atomic E-state index is 12.5. The molecule has 0 aliphatic heterocycles. The quantitative estimate of drug-likeness (QED) is 0.563. The fraction of sp³-hybridized carbons (Fsp3) is 0.350. The van der Waals surface area contributed by atoms with Gasteiger partial charge in [0, 0.05) is 28.6 Å². The number of rotatable bonds is 8. The first-order valence-corrected chi connectivity index (χ1v) is 9.50. The largest absolute Gasteiger partial charge is 0.467 e. The lowest BCUT2D eigenvalue weighted by atomic mass is 9.95. The fourth-order valence-electron chi connectivity index (χ4n) is 2.62. The third-order valence-corrected chi connectivity index (χ3v) is 5.10. The van der Waals surface area contributed by atoms with E-state index in [1.165, 1.54) is 7.11 Å². The topological polar surface area (TPSA) is 68.3 Å². The second kappa shape index (κ2) is 9.38. The molecule has 1 heterocycles. The van der Waals surface area contributed by atoms with Gasteiger partial charge in [-0.15, -0.1) is 11.8 Å². The molecular weight excluding hydrogens is 348 g/mol. The molecule has 5 nitrogen and oxygen atoms in total. The van der Waals surface area contributed by atoms with Crippen LogP contribution in [0.1, 0.15) is 42.6 Å². The van der Waals surface area contributed by atoms with Crippen molar-refractivity contribution < 1.29 is 14.3 Å². The number of carbonyl (C=O) groups is 2. The summed E-state index contributed by atoms with van der Waals surface area (Å²) in [5.41, 5.74) is 0.642. The number of benzene rings is 1. The molecule has 0 aliphatic rings. The van der Waals surface area contributed by atoms with E-state index < -0.39 is 11.5 Å². The number of carbonyl (C=O) groups excluding carboxylic acids is 2. The van der Waals surface area contributed by atoms with Crippen molar-refractivity contribution in [3.8, 4) is 0 Å². The van der Waals surface area contributed by atoms with Crippen LogP contribution in [-0.2, 0) is 15.3 Å². The van der Waals surface area contributed by atoms with Gasteiger partial charge in [-0.1, -0.05) is 19.4 Å². The SMILES string of the molecule is CCCC(C)(NC(=O)c1ccc(SCc2cccnc2)cc1)C(=O)OC. The Morgan fingerprint density at radius 3 is 2.54 bits per heavy atom. The molecule has 1 atom stereocenters. The molecule has 0 radical (unpaired) electrons. The van der Waals surface area contributed by atoms with E-state index in [1.54, 1.807) is 37.0 Å². The van der Waals surface area contributed by atoms with Crippen LogP contribution in [0.4, 0.5) is 0 Å². The normalized spacial score (nSPS) is 12.9. The summed E-state index contributed by atoms with van der Waals surface area (Å²) < 4.78 is 4.84. The summed E-state index contributed by atoms with van der Waals surface area (Å²) in [5, 5.41) is 2.81. The fourth-order valence-corrected chi connectivity index (χ4v) is 3.45. The van der Waals surface area contributed by atoms with Crippen LogP contribution in [0.3, 0.4) is 0 Å². The Kier molecular flexibility index (Phi) is 7.21. The van der Waals surface area contributed by atoms with E-state index in [2.05, 4.69) is 10.3 Å². The van der Waals surface area contributed by atoms with Crippen molar-refractivity contribution in [1.82, 2.24) is 10.3 Å². The molecule has 1 amide bonds. The minimum atomic E-state index is -1.02. The minimum Gasteiger partial charge on any atom is -0.467 e. The van der Waals surface area contributed by atoms with Crippen molar-refractivity contribution in [2.45, 2.75) is 42.9 Å². The summed E-state index contributed by atoms with van der Waals surface area (Å²) in [6.45, 7) is 3.65. The molecule has 0 spiro atoms. The molecule has 1 unspecified atom stereocenters. The lowest BCUT2D eigenvalue weighted by molar-refractivity contribution is -0.147. The molecule has 1 aromatic carbocycles. The highest BCUT2D eigenvalue weighted by atomic mass is 32.2. The smallest absolute Gasteiger partial charge is 0.331 e. The van der Waals surface area contributed by atoms with Crippen molar-refractivity contribution in [2.24, 2.45) is 0 Å². The lowest BCUT2D eigenvalue weighted by Crippen LogP contribution is -2.52. The molecule has 6 heteroatoms. The Labute approximate surface area is 158 Å². The number of amides is 1. The van der Waals surface area contributed by atoms with E-state index in [-0.39, 0.29) is 5.91 Å². The van der Waals surface area contributed by atoms with Crippen LogP contribution < -0.4 is 5.32 Å². The van der Waals surface area contributed by atoms with Gasteiger partial charge in [0.1, 0.15) is 5.54 Å². The van der Waals surface area contributed by atoms with Gasteiger partial charge >= 0.3 is 5.97 Å². The van der Waals surface area contributed by atoms with Crippen LogP contribution in [-0.4, -0.2) is 29.5 Å². The summed E-state index contributed by atoms with van der Waals surface area (Å²) in [6, 6.07) is 11.3. The summed E-state index contributed by atoms with van der Waals surface area (Å²) in [7, 11) is 1.33. The summed E-state index contributed by atoms with van der Waals surface area (Å²) in [6.07, 6.45) is 4.87. The van der Waals surface area contributed by atoms with Gasteiger partial charge < -0.3 is 10.1 Å². The number of hydrogen-bond acceptors (Lipinski definition) is 5. The van der Waals surface area contributed by atoms with Gasteiger partial charge in [0.15, 0.2) is 0 Å². The number of thioether (sulfide) groups is 1. The first kappa shape index (κ1) is 20.0. The third kappa shape index (κ3) is 5.33. The van der Waals surface area contributed by atoms with Crippen LogP contribution in [0.5, 0.6) is 0 Å². The van der Waals surface area contributed by atoms with Crippen LogP contribution in [0.15, 0.2) is 53.7 Å². The second-order valence-corrected chi connectivity index (χ2v) is 7.25. The van der Waals surface area contributed by atoms with Crippen LogP contribution in [0, 0.1) is 0 Å². The monoisotopic (exact) mass is 372 g/mol. The number of esters is 1. The molecule has 0 saturated heterocycles. The average Bonchev–Trinajstić information content (AvgIpc) is 2.67. The van der Waals surface area contributed by atoms with Crippen LogP contribution in [0.2, 0.25) is 0 Å². The van der Waals surface area contributed by atoms with Crippen molar-refractivity contribution in [1.29, 1.82) is 0 Å². The third-order valence-electron chi connectivity index (χ3n) is 4.02. The molecule has 0 aliphatic carbocycles. The molecular formula is C20H24N2O3S. The van der Waals surface area contributed by atoms with Gasteiger partial charge in [0.25, 0.3) is 5.91 Å².